The Kier molecular flexibility index (Phi) is 6.30. The van der Waals surface area contributed by atoms with Crippen molar-refractivity contribution in [2.75, 3.05) is 12.3 Å². The quantitative estimate of drug-likeness (QED) is 0.242. The van der Waals surface area contributed by atoms with Crippen molar-refractivity contribution in [2.24, 2.45) is 0 Å². The van der Waals surface area contributed by atoms with Gasteiger partial charge in [0.25, 0.3) is 0 Å². The van der Waals surface area contributed by atoms with Gasteiger partial charge in [-0.3, -0.25) is 4.79 Å². The Balaban J connectivity index is 1.45. The van der Waals surface area contributed by atoms with Crippen LogP contribution in [0.4, 0.5) is 5.82 Å². The van der Waals surface area contributed by atoms with E-state index in [0.29, 0.717) is 18.2 Å². The van der Waals surface area contributed by atoms with E-state index in [1.165, 1.54) is 5.56 Å². The Bertz CT molecular complexity index is 1620. The summed E-state index contributed by atoms with van der Waals surface area (Å²) in [7, 11) is 0. The number of hydrogen-bond acceptors (Lipinski definition) is 6. The molecule has 0 saturated heterocycles. The van der Waals surface area contributed by atoms with Crippen LogP contribution in [0.5, 0.6) is 5.75 Å². The van der Waals surface area contributed by atoms with Crippen LogP contribution in [0, 0.1) is 0 Å². The Morgan fingerprint density at radius 3 is 2.76 bits per heavy atom. The summed E-state index contributed by atoms with van der Waals surface area (Å²) < 4.78 is 17.3. The number of ether oxygens (including phenoxy) is 2. The second kappa shape index (κ2) is 10.1. The molecule has 0 aliphatic heterocycles. The van der Waals surface area contributed by atoms with E-state index >= 15 is 0 Å². The van der Waals surface area contributed by atoms with Crippen LogP contribution in [0.2, 0.25) is 0 Å². The van der Waals surface area contributed by atoms with Crippen molar-refractivity contribution in [1.82, 2.24) is 4.98 Å². The maximum atomic E-state index is 12.2. The normalized spacial score (nSPS) is 14.4. The molecule has 0 amide bonds. The van der Waals surface area contributed by atoms with Crippen molar-refractivity contribution in [3.63, 3.8) is 0 Å². The third-order valence-electron chi connectivity index (χ3n) is 7.15. The molecule has 1 aliphatic carbocycles. The van der Waals surface area contributed by atoms with Crippen LogP contribution < -0.4 is 10.5 Å². The molecule has 6 heteroatoms. The maximum Gasteiger partial charge on any atom is 0.310 e. The van der Waals surface area contributed by atoms with Gasteiger partial charge in [-0.2, -0.15) is 0 Å². The Hall–Kier alpha value is -4.58. The van der Waals surface area contributed by atoms with Crippen LogP contribution in [-0.2, 0) is 22.4 Å². The van der Waals surface area contributed by atoms with Gasteiger partial charge in [-0.25, -0.2) is 4.98 Å². The van der Waals surface area contributed by atoms with Gasteiger partial charge in [0, 0.05) is 22.7 Å². The molecule has 3 aromatic carbocycles. The van der Waals surface area contributed by atoms with Crippen LogP contribution in [0.1, 0.15) is 36.1 Å². The lowest BCUT2D eigenvalue weighted by molar-refractivity contribution is -0.142. The van der Waals surface area contributed by atoms with Crippen molar-refractivity contribution in [1.29, 1.82) is 0 Å². The predicted molar refractivity (Wildman–Crippen MR) is 148 cm³/mol. The summed E-state index contributed by atoms with van der Waals surface area (Å²) in [5.41, 5.74) is 13.7. The summed E-state index contributed by atoms with van der Waals surface area (Å²) in [6.07, 6.45) is 6.98. The molecular weight excluding hydrogens is 476 g/mol. The number of nitrogens with zero attached hydrogens (tertiary/aromatic N) is 1. The van der Waals surface area contributed by atoms with E-state index in [0.717, 1.165) is 57.0 Å². The molecule has 1 atom stereocenters. The van der Waals surface area contributed by atoms with Gasteiger partial charge in [-0.1, -0.05) is 36.4 Å². The fourth-order valence-electron chi connectivity index (χ4n) is 5.41. The average molecular weight is 505 g/mol. The Morgan fingerprint density at radius 1 is 1.03 bits per heavy atom. The first-order valence-electron chi connectivity index (χ1n) is 12.9. The van der Waals surface area contributed by atoms with E-state index in [1.54, 1.807) is 18.7 Å². The number of carbonyl (C=O) groups excluding carboxylic acids is 1. The largest absolute Gasteiger partial charge is 0.485 e. The fraction of sp³-hybridized carbons (Fsp3) is 0.188. The molecule has 1 aliphatic rings. The number of benzene rings is 3. The highest BCUT2D eigenvalue weighted by Crippen LogP contribution is 2.44. The lowest BCUT2D eigenvalue weighted by atomic mass is 9.91. The number of furan rings is 1. The SMILES string of the molecule is CCOC(=O)Cc1ccccc1OC1CCc2c(-c3ccoc3)cc(-c3cccc4c(N)nccc34)cc21. The minimum atomic E-state index is -0.260. The molecule has 0 bridgehead atoms. The minimum absolute atomic E-state index is 0.152. The molecule has 5 aromatic rings. The Labute approximate surface area is 221 Å². The van der Waals surface area contributed by atoms with Gasteiger partial charge in [-0.05, 0) is 83.3 Å². The van der Waals surface area contributed by atoms with Gasteiger partial charge < -0.3 is 19.6 Å². The zero-order chi connectivity index (χ0) is 26.1. The highest BCUT2D eigenvalue weighted by molar-refractivity contribution is 6.01. The highest BCUT2D eigenvalue weighted by atomic mass is 16.5. The third kappa shape index (κ3) is 4.39. The first-order valence-corrected chi connectivity index (χ1v) is 12.9. The number of pyridine rings is 1. The van der Waals surface area contributed by atoms with Gasteiger partial charge in [-0.15, -0.1) is 0 Å². The van der Waals surface area contributed by atoms with Gasteiger partial charge in [0.15, 0.2) is 0 Å². The predicted octanol–water partition coefficient (Wildman–Crippen LogP) is 6.92. The molecule has 38 heavy (non-hydrogen) atoms. The average Bonchev–Trinajstić information content (AvgIpc) is 3.60. The van der Waals surface area contributed by atoms with Gasteiger partial charge in [0.05, 0.1) is 25.6 Å². The zero-order valence-corrected chi connectivity index (χ0v) is 21.1. The van der Waals surface area contributed by atoms with Crippen LogP contribution in [0.25, 0.3) is 33.0 Å². The number of nitrogen functional groups attached to an aromatic ring is 1. The number of aromatic nitrogens is 1. The second-order valence-electron chi connectivity index (χ2n) is 9.44. The van der Waals surface area contributed by atoms with Crippen LogP contribution in [0.3, 0.4) is 0 Å². The number of nitrogens with two attached hydrogens (primary N) is 1. The number of rotatable bonds is 7. The van der Waals surface area contributed by atoms with E-state index in [9.17, 15) is 4.79 Å². The van der Waals surface area contributed by atoms with Crippen molar-refractivity contribution in [3.8, 4) is 28.0 Å². The molecule has 2 heterocycles. The van der Waals surface area contributed by atoms with Crippen molar-refractivity contribution in [3.05, 3.63) is 102 Å². The lowest BCUT2D eigenvalue weighted by Crippen LogP contribution is -2.10. The van der Waals surface area contributed by atoms with Gasteiger partial charge in [0.1, 0.15) is 17.7 Å². The standard InChI is InChI=1S/C32H28N2O4/c1-2-37-31(35)18-20-6-3-4-9-29(20)38-30-11-10-24-27(21-13-15-36-19-21)16-22(17-28(24)30)23-7-5-8-26-25(23)12-14-34-32(26)33/h3-9,12-17,19,30H,2,10-11,18H2,1H3,(H2,33,34). The number of hydrogen-bond donors (Lipinski definition) is 1. The fourth-order valence-corrected chi connectivity index (χ4v) is 5.41. The summed E-state index contributed by atoms with van der Waals surface area (Å²) in [6.45, 7) is 2.17. The van der Waals surface area contributed by atoms with Gasteiger partial charge in [0.2, 0.25) is 0 Å². The molecule has 1 unspecified atom stereocenters. The van der Waals surface area contributed by atoms with Crippen molar-refractivity contribution >= 4 is 22.6 Å². The summed E-state index contributed by atoms with van der Waals surface area (Å²) in [6, 6.07) is 22.3. The monoisotopic (exact) mass is 504 g/mol. The smallest absolute Gasteiger partial charge is 0.310 e. The number of esters is 1. The topological polar surface area (TPSA) is 87.6 Å². The van der Waals surface area contributed by atoms with Crippen molar-refractivity contribution < 1.29 is 18.7 Å². The van der Waals surface area contributed by atoms with Gasteiger partial charge >= 0.3 is 5.97 Å². The zero-order valence-electron chi connectivity index (χ0n) is 21.1. The molecular formula is C32H28N2O4. The van der Waals surface area contributed by atoms with E-state index < -0.39 is 0 Å². The summed E-state index contributed by atoms with van der Waals surface area (Å²) in [4.78, 5) is 16.5. The van der Waals surface area contributed by atoms with Crippen LogP contribution >= 0.6 is 0 Å². The molecule has 2 aromatic heterocycles. The minimum Gasteiger partial charge on any atom is -0.485 e. The Morgan fingerprint density at radius 2 is 1.92 bits per heavy atom. The maximum absolute atomic E-state index is 12.2. The van der Waals surface area contributed by atoms with Crippen molar-refractivity contribution in [2.45, 2.75) is 32.3 Å². The number of para-hydroxylation sites is 1. The molecule has 6 nitrogen and oxygen atoms in total. The number of fused-ring (bicyclic) bond motifs is 2. The van der Waals surface area contributed by atoms with E-state index in [1.807, 2.05) is 55.5 Å². The summed E-state index contributed by atoms with van der Waals surface area (Å²) >= 11 is 0. The van der Waals surface area contributed by atoms with Crippen LogP contribution in [0.15, 0.2) is 89.9 Å². The molecule has 0 fully saturated rings. The number of anilines is 1. The lowest BCUT2D eigenvalue weighted by Gasteiger charge is -2.20. The van der Waals surface area contributed by atoms with E-state index in [-0.39, 0.29) is 18.5 Å². The molecule has 2 N–H and O–H groups in total. The summed E-state index contributed by atoms with van der Waals surface area (Å²) in [5, 5.41) is 1.98. The molecule has 6 rings (SSSR count). The third-order valence-corrected chi connectivity index (χ3v) is 7.15. The van der Waals surface area contributed by atoms with Crippen LogP contribution in [-0.4, -0.2) is 17.6 Å². The first kappa shape index (κ1) is 23.8. The first-order chi connectivity index (χ1) is 18.6. The van der Waals surface area contributed by atoms with E-state index in [2.05, 4.69) is 23.2 Å². The second-order valence-corrected chi connectivity index (χ2v) is 9.44. The van der Waals surface area contributed by atoms with E-state index in [4.69, 9.17) is 19.6 Å². The molecule has 0 spiro atoms. The molecule has 190 valence electrons. The number of carbonyl (C=O) groups is 1. The summed E-state index contributed by atoms with van der Waals surface area (Å²) in [5.74, 6) is 0.960. The molecule has 0 saturated carbocycles. The molecule has 0 radical (unpaired) electrons. The highest BCUT2D eigenvalue weighted by Gasteiger charge is 2.29.